The van der Waals surface area contributed by atoms with Gasteiger partial charge in [0.15, 0.2) is 11.5 Å². The van der Waals surface area contributed by atoms with Crippen molar-refractivity contribution in [1.82, 2.24) is 9.47 Å². The first kappa shape index (κ1) is 18.5. The fraction of sp³-hybridized carbons (Fsp3) is 0.500. The zero-order chi connectivity index (χ0) is 19.7. The number of terminal acetylenes is 1. The average molecular weight is 378 g/mol. The van der Waals surface area contributed by atoms with E-state index in [1.54, 1.807) is 7.11 Å². The molecule has 4 rings (SSSR count). The molecule has 3 heterocycles. The summed E-state index contributed by atoms with van der Waals surface area (Å²) < 4.78 is 7.82. The average Bonchev–Trinajstić information content (AvgIpc) is 3.21. The summed E-state index contributed by atoms with van der Waals surface area (Å²) in [6.45, 7) is 0.779. The van der Waals surface area contributed by atoms with Gasteiger partial charge in [0, 0.05) is 50.2 Å². The Bertz CT molecular complexity index is 963. The first-order valence-electron chi connectivity index (χ1n) is 9.88. The predicted molar refractivity (Wildman–Crippen MR) is 108 cm³/mol. The van der Waals surface area contributed by atoms with Crippen LogP contribution < -0.4 is 4.74 Å². The van der Waals surface area contributed by atoms with E-state index in [9.17, 15) is 4.79 Å². The van der Waals surface area contributed by atoms with Crippen LogP contribution in [0.15, 0.2) is 34.5 Å². The Hall–Kier alpha value is -2.81. The lowest BCUT2D eigenvalue weighted by atomic mass is 10.0. The second-order valence-corrected chi connectivity index (χ2v) is 7.63. The molecule has 1 amide bonds. The fourth-order valence-electron chi connectivity index (χ4n) is 4.45. The number of para-hydroxylation sites is 1. The minimum atomic E-state index is -0.408. The molecule has 0 aliphatic carbocycles. The molecule has 0 radical (unpaired) electrons. The molecule has 1 fully saturated rings. The van der Waals surface area contributed by atoms with E-state index in [0.29, 0.717) is 19.3 Å². The molecule has 1 aromatic carbocycles. The van der Waals surface area contributed by atoms with Crippen LogP contribution in [0.2, 0.25) is 0 Å². The number of carbonyl (C=O) groups excluding carboxylic acids is 1. The van der Waals surface area contributed by atoms with E-state index in [4.69, 9.17) is 11.2 Å². The van der Waals surface area contributed by atoms with Crippen molar-refractivity contribution in [3.05, 3.63) is 29.8 Å². The van der Waals surface area contributed by atoms with Gasteiger partial charge >= 0.3 is 0 Å². The molecule has 1 atom stereocenters. The third kappa shape index (κ3) is 3.15. The van der Waals surface area contributed by atoms with Crippen LogP contribution in [0.1, 0.15) is 50.1 Å². The van der Waals surface area contributed by atoms with Gasteiger partial charge in [-0.25, -0.2) is 0 Å². The van der Waals surface area contributed by atoms with Crippen molar-refractivity contribution in [2.24, 2.45) is 17.3 Å². The molecule has 146 valence electrons. The number of methoxy groups -OCH3 is 1. The van der Waals surface area contributed by atoms with Crippen LogP contribution in [0.3, 0.4) is 0 Å². The van der Waals surface area contributed by atoms with Gasteiger partial charge in [0.25, 0.3) is 0 Å². The number of rotatable bonds is 7. The molecule has 28 heavy (non-hydrogen) atoms. The number of nitrogens with zero attached hydrogens (tertiary/aromatic N) is 4. The van der Waals surface area contributed by atoms with Crippen molar-refractivity contribution in [2.75, 3.05) is 13.7 Å². The van der Waals surface area contributed by atoms with Gasteiger partial charge in [-0.3, -0.25) is 4.79 Å². The minimum absolute atomic E-state index is 0.0447. The number of benzene rings is 1. The van der Waals surface area contributed by atoms with E-state index in [1.807, 2.05) is 24.1 Å². The number of amides is 1. The zero-order valence-corrected chi connectivity index (χ0v) is 16.5. The lowest BCUT2D eigenvalue weighted by Crippen LogP contribution is -2.31. The molecule has 2 aliphatic heterocycles. The summed E-state index contributed by atoms with van der Waals surface area (Å²) in [4.78, 5) is 15.1. The number of carbonyl (C=O) groups is 1. The predicted octanol–water partition coefficient (Wildman–Crippen LogP) is 4.21. The monoisotopic (exact) mass is 378 g/mol. The molecule has 1 aromatic heterocycles. The maximum atomic E-state index is 13.1. The Morgan fingerprint density at radius 2 is 2.14 bits per heavy atom. The maximum Gasteiger partial charge on any atom is 0.223 e. The molecule has 6 heteroatoms. The number of aryl methyl sites for hydroxylation is 1. The van der Waals surface area contributed by atoms with Gasteiger partial charge < -0.3 is 14.2 Å². The van der Waals surface area contributed by atoms with Crippen LogP contribution in [0.5, 0.6) is 5.88 Å². The van der Waals surface area contributed by atoms with Crippen molar-refractivity contribution in [3.8, 4) is 18.2 Å². The lowest BCUT2D eigenvalue weighted by molar-refractivity contribution is -0.132. The first-order valence-corrected chi connectivity index (χ1v) is 9.88. The zero-order valence-electron chi connectivity index (χ0n) is 16.5. The molecule has 0 spiro atoms. The molecular formula is C22H26N4O2. The smallest absolute Gasteiger partial charge is 0.223 e. The van der Waals surface area contributed by atoms with E-state index < -0.39 is 5.66 Å². The molecule has 2 aliphatic rings. The lowest BCUT2D eigenvalue weighted by Gasteiger charge is -2.26. The van der Waals surface area contributed by atoms with Crippen LogP contribution in [0, 0.1) is 12.3 Å². The summed E-state index contributed by atoms with van der Waals surface area (Å²) in [5, 5.41) is 9.46. The topological polar surface area (TPSA) is 59.2 Å². The summed E-state index contributed by atoms with van der Waals surface area (Å²) >= 11 is 0. The largest absolute Gasteiger partial charge is 0.482 e. The molecule has 6 nitrogen and oxygen atoms in total. The van der Waals surface area contributed by atoms with Crippen molar-refractivity contribution in [3.63, 3.8) is 0 Å². The molecule has 0 bridgehead atoms. The third-order valence-corrected chi connectivity index (χ3v) is 5.98. The molecule has 1 unspecified atom stereocenters. The standard InChI is InChI=1S/C22H26N4O2/c1-4-5-13-22(23-24-22)14-12-19(27)26-15-8-11-18(26)20-16-9-6-7-10-17(16)25(2)21(20)28-3/h1,6-7,9-10,18H,5,8,11-15H2,2-3H3. The van der Waals surface area contributed by atoms with Gasteiger partial charge in [-0.1, -0.05) is 18.2 Å². The Morgan fingerprint density at radius 1 is 1.36 bits per heavy atom. The summed E-state index contributed by atoms with van der Waals surface area (Å²) in [5.74, 6) is 3.63. The second kappa shape index (κ2) is 7.31. The van der Waals surface area contributed by atoms with Crippen LogP contribution >= 0.6 is 0 Å². The highest BCUT2D eigenvalue weighted by molar-refractivity contribution is 5.88. The number of likely N-dealkylation sites (tertiary alicyclic amines) is 1. The quantitative estimate of drug-likeness (QED) is 0.678. The van der Waals surface area contributed by atoms with Crippen LogP contribution in [-0.4, -0.2) is 34.7 Å². The highest BCUT2D eigenvalue weighted by Gasteiger charge is 2.41. The minimum Gasteiger partial charge on any atom is -0.482 e. The van der Waals surface area contributed by atoms with Gasteiger partial charge in [-0.05, 0) is 18.9 Å². The number of hydrogen-bond acceptors (Lipinski definition) is 4. The number of aromatic nitrogens is 1. The summed E-state index contributed by atoms with van der Waals surface area (Å²) in [6, 6.07) is 8.32. The second-order valence-electron chi connectivity index (χ2n) is 7.63. The first-order chi connectivity index (χ1) is 13.6. The molecule has 1 saturated heterocycles. The molecule has 0 saturated carbocycles. The van der Waals surface area contributed by atoms with E-state index in [-0.39, 0.29) is 11.9 Å². The van der Waals surface area contributed by atoms with Crippen LogP contribution in [0.4, 0.5) is 0 Å². The van der Waals surface area contributed by atoms with E-state index in [1.165, 1.54) is 0 Å². The summed E-state index contributed by atoms with van der Waals surface area (Å²) in [6.07, 6.45) is 9.77. The van der Waals surface area contributed by atoms with Crippen molar-refractivity contribution in [1.29, 1.82) is 0 Å². The molecular weight excluding hydrogens is 352 g/mol. The van der Waals surface area contributed by atoms with Gasteiger partial charge in [0.1, 0.15) is 0 Å². The Kier molecular flexibility index (Phi) is 4.84. The Labute approximate surface area is 165 Å². The SMILES string of the molecule is C#CCCC1(CCC(=O)N2CCCC2c2c(OC)n(C)c3ccccc23)N=N1. The van der Waals surface area contributed by atoms with Crippen molar-refractivity contribution in [2.45, 2.75) is 50.2 Å². The van der Waals surface area contributed by atoms with E-state index in [2.05, 4.69) is 32.8 Å². The van der Waals surface area contributed by atoms with Gasteiger partial charge in [0.05, 0.1) is 18.7 Å². The highest BCUT2D eigenvalue weighted by Crippen LogP contribution is 2.44. The van der Waals surface area contributed by atoms with Crippen molar-refractivity contribution < 1.29 is 9.53 Å². The number of fused-ring (bicyclic) bond motifs is 1. The number of hydrogen-bond donors (Lipinski definition) is 0. The van der Waals surface area contributed by atoms with E-state index >= 15 is 0 Å². The Balaban J connectivity index is 1.55. The maximum absolute atomic E-state index is 13.1. The normalized spacial score (nSPS) is 19.8. The van der Waals surface area contributed by atoms with Gasteiger partial charge in [0.2, 0.25) is 5.91 Å². The third-order valence-electron chi connectivity index (χ3n) is 5.98. The fourth-order valence-corrected chi connectivity index (χ4v) is 4.45. The van der Waals surface area contributed by atoms with Gasteiger partial charge in [-0.15, -0.1) is 12.3 Å². The van der Waals surface area contributed by atoms with E-state index in [0.717, 1.165) is 48.2 Å². The van der Waals surface area contributed by atoms with Gasteiger partial charge in [-0.2, -0.15) is 10.2 Å². The van der Waals surface area contributed by atoms with Crippen molar-refractivity contribution >= 4 is 16.8 Å². The Morgan fingerprint density at radius 3 is 2.86 bits per heavy atom. The number of ether oxygens (including phenoxy) is 1. The summed E-state index contributed by atoms with van der Waals surface area (Å²) in [5.41, 5.74) is 1.83. The highest BCUT2D eigenvalue weighted by atomic mass is 16.5. The van der Waals surface area contributed by atoms with Crippen LogP contribution in [0.25, 0.3) is 10.9 Å². The molecule has 2 aromatic rings. The summed E-state index contributed by atoms with van der Waals surface area (Å²) in [7, 11) is 3.71. The molecule has 0 N–H and O–H groups in total. The van der Waals surface area contributed by atoms with Crippen LogP contribution in [-0.2, 0) is 11.8 Å².